The van der Waals surface area contributed by atoms with Gasteiger partial charge in [0.25, 0.3) is 0 Å². The summed E-state index contributed by atoms with van der Waals surface area (Å²) < 4.78 is 0. The fourth-order valence-corrected chi connectivity index (χ4v) is 5.05. The zero-order valence-electron chi connectivity index (χ0n) is 31.1. The van der Waals surface area contributed by atoms with Crippen molar-refractivity contribution in [2.45, 2.75) is 27.7 Å². The van der Waals surface area contributed by atoms with Gasteiger partial charge in [-0.25, -0.2) is 29.7 Å². The van der Waals surface area contributed by atoms with Crippen LogP contribution in [-0.2, 0) is 17.1 Å². The Labute approximate surface area is 368 Å². The van der Waals surface area contributed by atoms with Crippen molar-refractivity contribution >= 4 is 102 Å². The van der Waals surface area contributed by atoms with E-state index in [0.717, 1.165) is 26.2 Å². The van der Waals surface area contributed by atoms with Crippen LogP contribution in [-0.4, -0.2) is 108 Å². The molecule has 16 nitrogen and oxygen atoms in total. The largest absolute Gasteiger partial charge is 2.00 e. The minimum absolute atomic E-state index is 0. The minimum Gasteiger partial charge on any atom is 2.00 e. The van der Waals surface area contributed by atoms with E-state index in [0.29, 0.717) is 47.1 Å². The summed E-state index contributed by atoms with van der Waals surface area (Å²) in [5.41, 5.74) is 0. The summed E-state index contributed by atoms with van der Waals surface area (Å²) in [6.45, 7) is 11.2. The summed E-state index contributed by atoms with van der Waals surface area (Å²) in [7, 11) is 0. The molecule has 0 aliphatic heterocycles. The van der Waals surface area contributed by atoms with Gasteiger partial charge >= 0.3 is 69.6 Å². The average Bonchev–Trinajstić information content (AvgIpc) is 3.21. The third-order valence-electron chi connectivity index (χ3n) is 7.18. The molecular formula is C36H36Cl2FeN16Se2. The molecule has 0 fully saturated rings. The topological polar surface area (TPSA) is 189 Å². The second kappa shape index (κ2) is 26.7. The number of hydrogen-bond donors (Lipinski definition) is 0. The minimum atomic E-state index is 0. The molecule has 21 heteroatoms. The molecule has 0 amide bonds. The Hall–Kier alpha value is -5.06. The van der Waals surface area contributed by atoms with E-state index < -0.39 is 0 Å². The third-order valence-corrected chi connectivity index (χ3v) is 7.51. The molecule has 6 heterocycles. The van der Waals surface area contributed by atoms with Crippen LogP contribution >= 0.6 is 23.2 Å². The van der Waals surface area contributed by atoms with Gasteiger partial charge < -0.3 is 9.80 Å². The van der Waals surface area contributed by atoms with Gasteiger partial charge in [-0.05, 0) is 99.4 Å². The van der Waals surface area contributed by atoms with Crippen molar-refractivity contribution in [1.29, 1.82) is 10.5 Å². The summed E-state index contributed by atoms with van der Waals surface area (Å²) in [5, 5.41) is 14.8. The van der Waals surface area contributed by atoms with Gasteiger partial charge in [-0.3, -0.25) is 0 Å². The predicted octanol–water partition coefficient (Wildman–Crippen LogP) is 6.53. The van der Waals surface area contributed by atoms with Gasteiger partial charge in [0.15, 0.2) is 0 Å². The van der Waals surface area contributed by atoms with Crippen LogP contribution in [0.4, 0.5) is 47.1 Å². The summed E-state index contributed by atoms with van der Waals surface area (Å²) in [6.07, 6.45) is 6.83. The number of anilines is 8. The summed E-state index contributed by atoms with van der Waals surface area (Å²) in [5.74, 6) is 4.39. The van der Waals surface area contributed by atoms with Crippen LogP contribution in [0.5, 0.6) is 0 Å². The smallest absolute Gasteiger partial charge is 2.00 e. The first-order chi connectivity index (χ1) is 27.3. The molecule has 0 atom stereocenters. The number of hydrogen-bond acceptors (Lipinski definition) is 16. The second-order valence-electron chi connectivity index (χ2n) is 10.4. The number of nitriles is 2. The Morgan fingerprint density at radius 1 is 0.474 bits per heavy atom. The first kappa shape index (κ1) is 48.1. The van der Waals surface area contributed by atoms with E-state index in [4.69, 9.17) is 33.7 Å². The van der Waals surface area contributed by atoms with Gasteiger partial charge in [0, 0.05) is 51.0 Å². The SMILES string of the molecule is CCN(CC)c1nc(Cl)nc(N(c2ccccn2)c2ccccn2)n1.CCN(CC)c1nc(Cl)nc(N(c2ccccn2)c2ccccn2)n1.N#C[Se-].N#C[Se-].[Fe+2]. The van der Waals surface area contributed by atoms with Crippen molar-refractivity contribution in [3.05, 3.63) is 108 Å². The first-order valence-corrected chi connectivity index (χ1v) is 19.3. The van der Waals surface area contributed by atoms with Crippen molar-refractivity contribution < 1.29 is 17.1 Å². The van der Waals surface area contributed by atoms with Crippen molar-refractivity contribution in [3.8, 4) is 9.94 Å². The van der Waals surface area contributed by atoms with E-state index in [1.165, 1.54) is 0 Å². The molecule has 6 aromatic rings. The van der Waals surface area contributed by atoms with Crippen molar-refractivity contribution in [2.75, 3.05) is 45.8 Å². The van der Waals surface area contributed by atoms with Crippen LogP contribution in [0, 0.1) is 20.5 Å². The quantitative estimate of drug-likeness (QED) is 0.120. The van der Waals surface area contributed by atoms with E-state index >= 15 is 0 Å². The normalized spacial score (nSPS) is 9.47. The zero-order valence-corrected chi connectivity index (χ0v) is 37.2. The molecule has 0 N–H and O–H groups in total. The van der Waals surface area contributed by atoms with Gasteiger partial charge in [0.1, 0.15) is 23.3 Å². The van der Waals surface area contributed by atoms with E-state index in [-0.39, 0.29) is 27.6 Å². The van der Waals surface area contributed by atoms with Crippen LogP contribution in [0.3, 0.4) is 0 Å². The number of rotatable bonds is 12. The molecule has 0 aromatic carbocycles. The number of halogens is 2. The molecule has 0 aliphatic carbocycles. The van der Waals surface area contributed by atoms with Crippen LogP contribution in [0.25, 0.3) is 0 Å². The van der Waals surface area contributed by atoms with Crippen LogP contribution in [0.15, 0.2) is 97.6 Å². The molecule has 6 rings (SSSR count). The Balaban J connectivity index is 0.000000341. The van der Waals surface area contributed by atoms with E-state index in [1.807, 2.05) is 110 Å². The molecule has 0 radical (unpaired) electrons. The molecule has 6 aromatic heterocycles. The summed E-state index contributed by atoms with van der Waals surface area (Å²) >= 11 is 16.6. The Morgan fingerprint density at radius 3 is 0.930 bits per heavy atom. The fourth-order valence-electron chi connectivity index (χ4n) is 4.74. The van der Waals surface area contributed by atoms with Crippen molar-refractivity contribution in [3.63, 3.8) is 0 Å². The van der Waals surface area contributed by atoms with Gasteiger partial charge in [0.2, 0.25) is 34.4 Å². The maximum atomic E-state index is 7.26. The van der Waals surface area contributed by atoms with Gasteiger partial charge in [-0.2, -0.15) is 29.9 Å². The number of aromatic nitrogens is 10. The summed E-state index contributed by atoms with van der Waals surface area (Å²) in [6, 6.07) is 22.4. The van der Waals surface area contributed by atoms with Crippen molar-refractivity contribution in [2.24, 2.45) is 0 Å². The molecular weight excluding hydrogens is 941 g/mol. The predicted molar refractivity (Wildman–Crippen MR) is 220 cm³/mol. The third kappa shape index (κ3) is 14.8. The Bertz CT molecular complexity index is 1880. The molecule has 0 aliphatic rings. The molecule has 294 valence electrons. The van der Waals surface area contributed by atoms with Crippen LogP contribution in [0.1, 0.15) is 27.7 Å². The Kier molecular flexibility index (Phi) is 22.6. The van der Waals surface area contributed by atoms with Gasteiger partial charge in [-0.15, -0.1) is 0 Å². The molecule has 0 saturated carbocycles. The second-order valence-corrected chi connectivity index (χ2v) is 11.8. The standard InChI is InChI=1S/2C17H18ClN7.2CHNSe.Fe/c2*1-3-24(4-2)16-21-15(18)22-17(23-16)25(13-9-5-7-11-19-13)14-10-6-8-12-20-14;2*2-1-3;/h2*5-12H,3-4H2,1-2H3;2*3H;/q;;;;+2/p-2. The molecule has 0 saturated heterocycles. The monoisotopic (exact) mass is 978 g/mol. The van der Waals surface area contributed by atoms with E-state index in [1.54, 1.807) is 44.5 Å². The van der Waals surface area contributed by atoms with Crippen molar-refractivity contribution in [1.82, 2.24) is 49.8 Å². The summed E-state index contributed by atoms with van der Waals surface area (Å²) in [4.78, 5) is 54.7. The Morgan fingerprint density at radius 2 is 0.719 bits per heavy atom. The van der Waals surface area contributed by atoms with Crippen LogP contribution in [0.2, 0.25) is 10.6 Å². The average molecular weight is 977 g/mol. The number of pyridine rings is 4. The van der Waals surface area contributed by atoms with Crippen LogP contribution < -0.4 is 19.6 Å². The first-order valence-electron chi connectivity index (χ1n) is 16.9. The molecule has 0 spiro atoms. The molecule has 57 heavy (non-hydrogen) atoms. The van der Waals surface area contributed by atoms with E-state index in [2.05, 4.69) is 81.9 Å². The van der Waals surface area contributed by atoms with Gasteiger partial charge in [-0.1, -0.05) is 24.3 Å². The van der Waals surface area contributed by atoms with Gasteiger partial charge in [0.05, 0.1) is 0 Å². The maximum absolute atomic E-state index is 7.26. The van der Waals surface area contributed by atoms with E-state index in [9.17, 15) is 0 Å². The zero-order chi connectivity index (χ0) is 40.7. The molecule has 0 unspecified atom stereocenters. The molecule has 0 bridgehead atoms. The number of nitrogens with zero attached hydrogens (tertiary/aromatic N) is 16. The fraction of sp³-hybridized carbons (Fsp3) is 0.222. The maximum Gasteiger partial charge on any atom is 2.00 e.